The highest BCUT2D eigenvalue weighted by Gasteiger charge is 2.63. The number of carbonyl (C=O) groups excluding carboxylic acids is 2. The van der Waals surface area contributed by atoms with Crippen molar-refractivity contribution < 1.29 is 46.1 Å². The van der Waals surface area contributed by atoms with E-state index in [0.717, 1.165) is 6.07 Å². The quantitative estimate of drug-likeness (QED) is 0.388. The zero-order valence-electron chi connectivity index (χ0n) is 19.0. The maximum Gasteiger partial charge on any atom is 0.338 e. The van der Waals surface area contributed by atoms with Gasteiger partial charge in [0.25, 0.3) is 5.91 Å². The molecule has 1 saturated heterocycles. The highest BCUT2D eigenvalue weighted by Crippen LogP contribution is 2.55. The highest BCUT2D eigenvalue weighted by molar-refractivity contribution is 7.92. The van der Waals surface area contributed by atoms with Gasteiger partial charge in [0, 0.05) is 23.4 Å². The lowest BCUT2D eigenvalue weighted by molar-refractivity contribution is -0.158. The summed E-state index contributed by atoms with van der Waals surface area (Å²) in [6, 6.07) is 4.66. The number of halogens is 4. The molecule has 1 spiro atoms. The summed E-state index contributed by atoms with van der Waals surface area (Å²) in [5.74, 6) is -7.58. The Kier molecular flexibility index (Phi) is 6.29. The molecule has 1 aliphatic heterocycles. The summed E-state index contributed by atoms with van der Waals surface area (Å²) in [6.07, 6.45) is -2.12. The minimum Gasteiger partial charge on any atom is -0.454 e. The molecule has 3 N–H and O–H groups in total. The van der Waals surface area contributed by atoms with Crippen LogP contribution in [0, 0.1) is 29.3 Å². The van der Waals surface area contributed by atoms with Crippen LogP contribution in [0.3, 0.4) is 0 Å². The summed E-state index contributed by atoms with van der Waals surface area (Å²) in [7, 11) is -4.13. The fraction of sp³-hybridized carbons (Fsp3) is 0.417. The van der Waals surface area contributed by atoms with Crippen LogP contribution in [0.4, 0.5) is 18.9 Å². The summed E-state index contributed by atoms with van der Waals surface area (Å²) in [6.45, 7) is 0. The number of hydrogen-bond acceptors (Lipinski definition) is 7. The Hall–Kier alpha value is -2.67. The monoisotopic (exact) mass is 559 g/mol. The normalized spacial score (nSPS) is 31.0. The second-order valence-electron chi connectivity index (χ2n) is 9.74. The van der Waals surface area contributed by atoms with Crippen LogP contribution in [-0.2, 0) is 19.4 Å². The first kappa shape index (κ1) is 26.0. The Morgan fingerprint density at radius 3 is 2.19 bits per heavy atom. The summed E-state index contributed by atoms with van der Waals surface area (Å²) in [4.78, 5) is 24.2. The van der Waals surface area contributed by atoms with E-state index < -0.39 is 74.1 Å². The average Bonchev–Trinajstić information content (AvgIpc) is 3.23. The number of fused-ring (bicyclic) bond motifs is 2. The van der Waals surface area contributed by atoms with Gasteiger partial charge in [-0.2, -0.15) is 0 Å². The number of hydrogen-bond donors (Lipinski definition) is 3. The standard InChI is InChI=1S/C24H21ClF3NO7S/c25-14-4-3-10(22(32)29-13-6-15(26)18(28)16(27)7-13)5-17(14)37(34,35)20-11-1-2-12(20)9-24(8-11)21(31)19(30)23(33)36-24/h3-7,11-12,19-21,30-31H,1-2,8-9H2,(H,29,32)/t11-,12?,19-,20+,21-,24+/m0/s1. The van der Waals surface area contributed by atoms with Crippen molar-refractivity contribution in [3.63, 3.8) is 0 Å². The Bertz CT molecular complexity index is 1380. The van der Waals surface area contributed by atoms with E-state index in [1.807, 2.05) is 0 Å². The molecule has 13 heteroatoms. The van der Waals surface area contributed by atoms with Gasteiger partial charge in [-0.05, 0) is 55.7 Å². The van der Waals surface area contributed by atoms with E-state index in [9.17, 15) is 41.4 Å². The number of benzene rings is 2. The smallest absolute Gasteiger partial charge is 0.338 e. The Balaban J connectivity index is 1.42. The Labute approximate surface area is 214 Å². The summed E-state index contributed by atoms with van der Waals surface area (Å²) in [5.41, 5.74) is -1.90. The van der Waals surface area contributed by atoms with Crippen LogP contribution in [0.25, 0.3) is 0 Å². The molecule has 2 aliphatic carbocycles. The molecule has 198 valence electrons. The molecule has 1 amide bonds. The Morgan fingerprint density at radius 1 is 1.05 bits per heavy atom. The number of ether oxygens (including phenoxy) is 1. The number of aliphatic hydroxyl groups excluding tert-OH is 2. The fourth-order valence-electron chi connectivity index (χ4n) is 5.96. The third kappa shape index (κ3) is 4.19. The van der Waals surface area contributed by atoms with Gasteiger partial charge in [0.1, 0.15) is 11.7 Å². The van der Waals surface area contributed by atoms with Gasteiger partial charge < -0.3 is 20.3 Å². The van der Waals surface area contributed by atoms with Crippen molar-refractivity contribution in [1.29, 1.82) is 0 Å². The molecule has 2 aromatic carbocycles. The van der Waals surface area contributed by atoms with Crippen molar-refractivity contribution in [3.8, 4) is 0 Å². The second-order valence-corrected chi connectivity index (χ2v) is 12.2. The van der Waals surface area contributed by atoms with Gasteiger partial charge in [0.15, 0.2) is 33.4 Å². The van der Waals surface area contributed by atoms with Crippen molar-refractivity contribution in [2.24, 2.45) is 11.8 Å². The first-order valence-corrected chi connectivity index (χ1v) is 13.3. The lowest BCUT2D eigenvalue weighted by atomic mass is 9.74. The van der Waals surface area contributed by atoms with Crippen molar-refractivity contribution in [2.45, 2.75) is 53.6 Å². The van der Waals surface area contributed by atoms with E-state index in [-0.39, 0.29) is 34.0 Å². The minimum atomic E-state index is -4.13. The molecule has 37 heavy (non-hydrogen) atoms. The Morgan fingerprint density at radius 2 is 1.65 bits per heavy atom. The maximum atomic E-state index is 13.8. The molecule has 5 rings (SSSR count). The maximum absolute atomic E-state index is 13.8. The SMILES string of the molecule is O=C(Nc1cc(F)c(F)c(F)c1)c1ccc(Cl)c(S(=O)(=O)[C@H]2C3CC[C@H]2C[C@]2(C3)OC(=O)[C@@H](O)[C@@H]2O)c1. The van der Waals surface area contributed by atoms with E-state index in [1.54, 1.807) is 0 Å². The molecule has 3 fully saturated rings. The van der Waals surface area contributed by atoms with E-state index in [2.05, 4.69) is 5.32 Å². The highest BCUT2D eigenvalue weighted by atomic mass is 35.5. The number of esters is 1. The third-order valence-electron chi connectivity index (χ3n) is 7.54. The summed E-state index contributed by atoms with van der Waals surface area (Å²) in [5, 5.41) is 21.5. The van der Waals surface area contributed by atoms with Crippen LogP contribution >= 0.6 is 11.6 Å². The molecule has 2 saturated carbocycles. The lowest BCUT2D eigenvalue weighted by Crippen LogP contribution is -2.52. The van der Waals surface area contributed by atoms with Gasteiger partial charge in [-0.25, -0.2) is 26.4 Å². The molecule has 0 aromatic heterocycles. The minimum absolute atomic E-state index is 0.0385. The second kappa shape index (κ2) is 8.97. The number of rotatable bonds is 4. The molecule has 6 atom stereocenters. The zero-order chi connectivity index (χ0) is 26.9. The van der Waals surface area contributed by atoms with Crippen LogP contribution in [0.1, 0.15) is 36.0 Å². The van der Waals surface area contributed by atoms with E-state index >= 15 is 0 Å². The van der Waals surface area contributed by atoms with Crippen LogP contribution in [0.15, 0.2) is 35.2 Å². The van der Waals surface area contributed by atoms with E-state index in [0.29, 0.717) is 25.0 Å². The number of sulfone groups is 1. The molecule has 1 heterocycles. The fourth-order valence-corrected chi connectivity index (χ4v) is 8.80. The van der Waals surface area contributed by atoms with Gasteiger partial charge in [-0.1, -0.05) is 11.6 Å². The van der Waals surface area contributed by atoms with E-state index in [4.69, 9.17) is 16.3 Å². The van der Waals surface area contributed by atoms with Crippen LogP contribution in [-0.4, -0.2) is 53.6 Å². The number of amides is 1. The third-order valence-corrected chi connectivity index (χ3v) is 10.4. The van der Waals surface area contributed by atoms with Crippen molar-refractivity contribution >= 4 is 39.0 Å². The average molecular weight is 560 g/mol. The van der Waals surface area contributed by atoms with Crippen molar-refractivity contribution in [3.05, 3.63) is 58.4 Å². The molecule has 3 aliphatic rings. The predicted octanol–water partition coefficient (Wildman–Crippen LogP) is 2.99. The number of nitrogens with one attached hydrogen (secondary N) is 1. The molecule has 0 radical (unpaired) electrons. The number of anilines is 1. The lowest BCUT2D eigenvalue weighted by Gasteiger charge is -2.42. The van der Waals surface area contributed by atoms with Gasteiger partial charge in [0.2, 0.25) is 0 Å². The summed E-state index contributed by atoms with van der Waals surface area (Å²) >= 11 is 6.23. The van der Waals surface area contributed by atoms with Gasteiger partial charge >= 0.3 is 5.97 Å². The first-order chi connectivity index (χ1) is 17.3. The summed E-state index contributed by atoms with van der Waals surface area (Å²) < 4.78 is 73.1. The van der Waals surface area contributed by atoms with Crippen molar-refractivity contribution in [2.75, 3.05) is 5.32 Å². The van der Waals surface area contributed by atoms with Crippen molar-refractivity contribution in [1.82, 2.24) is 0 Å². The largest absolute Gasteiger partial charge is 0.454 e. The van der Waals surface area contributed by atoms with Crippen LogP contribution < -0.4 is 5.32 Å². The van der Waals surface area contributed by atoms with E-state index in [1.165, 1.54) is 12.1 Å². The van der Waals surface area contributed by atoms with Crippen LogP contribution in [0.5, 0.6) is 0 Å². The van der Waals surface area contributed by atoms with Crippen LogP contribution in [0.2, 0.25) is 5.02 Å². The molecular weight excluding hydrogens is 539 g/mol. The molecular formula is C24H21ClF3NO7S. The predicted molar refractivity (Wildman–Crippen MR) is 123 cm³/mol. The number of aliphatic hydroxyl groups is 2. The molecule has 8 nitrogen and oxygen atoms in total. The molecule has 2 aromatic rings. The first-order valence-electron chi connectivity index (χ1n) is 11.4. The zero-order valence-corrected chi connectivity index (χ0v) is 20.5. The molecule has 1 unspecified atom stereocenters. The van der Waals surface area contributed by atoms with Gasteiger partial charge in [0.05, 0.1) is 15.2 Å². The molecule has 2 bridgehead atoms. The van der Waals surface area contributed by atoms with Gasteiger partial charge in [-0.15, -0.1) is 0 Å². The van der Waals surface area contributed by atoms with Gasteiger partial charge in [-0.3, -0.25) is 4.79 Å². The number of carbonyl (C=O) groups is 2. The topological polar surface area (TPSA) is 130 Å².